The van der Waals surface area contributed by atoms with Crippen molar-refractivity contribution in [3.05, 3.63) is 76.0 Å². The van der Waals surface area contributed by atoms with Crippen molar-refractivity contribution < 1.29 is 8.42 Å². The Morgan fingerprint density at radius 3 is 2.70 bits per heavy atom. The molecule has 8 heteroatoms. The van der Waals surface area contributed by atoms with Gasteiger partial charge in [-0.2, -0.15) is 0 Å². The summed E-state index contributed by atoms with van der Waals surface area (Å²) in [5, 5.41) is 1.92. The summed E-state index contributed by atoms with van der Waals surface area (Å²) in [6, 6.07) is 12.6. The summed E-state index contributed by atoms with van der Waals surface area (Å²) >= 11 is 1.52. The average molecular weight is 399 g/mol. The fourth-order valence-electron chi connectivity index (χ4n) is 2.89. The molecule has 0 bridgehead atoms. The van der Waals surface area contributed by atoms with E-state index in [9.17, 15) is 8.42 Å². The van der Waals surface area contributed by atoms with Gasteiger partial charge < -0.3 is 4.98 Å². The smallest absolute Gasteiger partial charge is 0.240 e. The maximum Gasteiger partial charge on any atom is 0.240 e. The van der Waals surface area contributed by atoms with Crippen LogP contribution in [0.15, 0.2) is 58.9 Å². The molecule has 0 aliphatic heterocycles. The van der Waals surface area contributed by atoms with Crippen molar-refractivity contribution >= 4 is 32.4 Å². The monoisotopic (exact) mass is 398 g/mol. The first-order valence-electron chi connectivity index (χ1n) is 8.42. The molecule has 27 heavy (non-hydrogen) atoms. The van der Waals surface area contributed by atoms with Crippen LogP contribution < -0.4 is 4.72 Å². The van der Waals surface area contributed by atoms with Gasteiger partial charge in [-0.25, -0.2) is 18.1 Å². The summed E-state index contributed by atoms with van der Waals surface area (Å²) in [5.41, 5.74) is 3.65. The van der Waals surface area contributed by atoms with Crippen LogP contribution in [0, 0.1) is 6.92 Å². The van der Waals surface area contributed by atoms with Crippen LogP contribution in [0.1, 0.15) is 22.0 Å². The topological polar surface area (TPSA) is 87.7 Å². The molecule has 0 aliphatic carbocycles. The molecule has 0 saturated carbocycles. The highest BCUT2D eigenvalue weighted by molar-refractivity contribution is 7.89. The second-order valence-electron chi connectivity index (χ2n) is 6.20. The van der Waals surface area contributed by atoms with Crippen LogP contribution in [0.3, 0.4) is 0 Å². The third-order valence-electron chi connectivity index (χ3n) is 4.22. The molecule has 0 saturated heterocycles. The Balaban J connectivity index is 1.51. The molecule has 4 rings (SSSR count). The van der Waals surface area contributed by atoms with Gasteiger partial charge in [0.1, 0.15) is 11.3 Å². The van der Waals surface area contributed by atoms with Gasteiger partial charge in [0.05, 0.1) is 16.1 Å². The molecule has 0 amide bonds. The van der Waals surface area contributed by atoms with Gasteiger partial charge in [0.15, 0.2) is 0 Å². The Hall–Kier alpha value is -2.55. The van der Waals surface area contributed by atoms with Gasteiger partial charge in [-0.15, -0.1) is 11.3 Å². The number of H-pyrrole nitrogens is 1. The molecule has 0 fully saturated rings. The Morgan fingerprint density at radius 1 is 1.15 bits per heavy atom. The molecular formula is C19H18N4O2S2. The van der Waals surface area contributed by atoms with Crippen molar-refractivity contribution in [2.24, 2.45) is 0 Å². The minimum Gasteiger partial charge on any atom is -0.342 e. The lowest BCUT2D eigenvalue weighted by Gasteiger charge is -2.07. The van der Waals surface area contributed by atoms with E-state index in [1.807, 2.05) is 42.6 Å². The number of hydrogen-bond donors (Lipinski definition) is 2. The van der Waals surface area contributed by atoms with Gasteiger partial charge in [-0.3, -0.25) is 4.98 Å². The van der Waals surface area contributed by atoms with Gasteiger partial charge in [-0.05, 0) is 42.1 Å². The number of thiophene rings is 1. The minimum atomic E-state index is -3.53. The molecule has 1 aromatic carbocycles. The number of rotatable bonds is 6. The third-order valence-corrected chi connectivity index (χ3v) is 6.51. The van der Waals surface area contributed by atoms with E-state index in [1.54, 1.807) is 18.3 Å². The molecule has 0 atom stereocenters. The lowest BCUT2D eigenvalue weighted by Crippen LogP contribution is -2.22. The molecule has 6 nitrogen and oxygen atoms in total. The number of sulfonamides is 1. The first-order chi connectivity index (χ1) is 13.0. The standard InChI is InChI=1S/C19H18N4O2S2/c1-13-22-17-8-9-20-18(19(17)23-13)11-14-4-6-16(7-5-14)27(24,25)21-12-15-3-2-10-26-15/h2-10,21H,11-12H2,1H3,(H,22,23). The number of aromatic nitrogens is 3. The predicted octanol–water partition coefficient (Wildman–Crippen LogP) is 3.40. The van der Waals surface area contributed by atoms with E-state index in [1.165, 1.54) is 11.3 Å². The van der Waals surface area contributed by atoms with Crippen molar-refractivity contribution in [3.8, 4) is 0 Å². The van der Waals surface area contributed by atoms with E-state index in [0.29, 0.717) is 13.0 Å². The van der Waals surface area contributed by atoms with Crippen LogP contribution in [0.2, 0.25) is 0 Å². The number of fused-ring (bicyclic) bond motifs is 1. The highest BCUT2D eigenvalue weighted by Crippen LogP contribution is 2.19. The van der Waals surface area contributed by atoms with Gasteiger partial charge in [-0.1, -0.05) is 18.2 Å². The molecule has 3 heterocycles. The van der Waals surface area contributed by atoms with Crippen molar-refractivity contribution in [1.82, 2.24) is 19.7 Å². The maximum atomic E-state index is 12.4. The van der Waals surface area contributed by atoms with Gasteiger partial charge in [0.25, 0.3) is 0 Å². The predicted molar refractivity (Wildman–Crippen MR) is 106 cm³/mol. The molecule has 3 aromatic heterocycles. The van der Waals surface area contributed by atoms with E-state index < -0.39 is 10.0 Å². The van der Waals surface area contributed by atoms with Gasteiger partial charge in [0.2, 0.25) is 10.0 Å². The SMILES string of the molecule is Cc1nc2c(Cc3ccc(S(=O)(=O)NCc4cccs4)cc3)nccc2[nH]1. The number of nitrogens with one attached hydrogen (secondary N) is 2. The molecule has 2 N–H and O–H groups in total. The highest BCUT2D eigenvalue weighted by Gasteiger charge is 2.14. The maximum absolute atomic E-state index is 12.4. The second-order valence-corrected chi connectivity index (χ2v) is 9.00. The van der Waals surface area contributed by atoms with Crippen LogP contribution in [0.5, 0.6) is 0 Å². The number of benzene rings is 1. The number of aromatic amines is 1. The summed E-state index contributed by atoms with van der Waals surface area (Å²) in [7, 11) is -3.53. The molecule has 0 unspecified atom stereocenters. The van der Waals surface area contributed by atoms with Crippen molar-refractivity contribution in [1.29, 1.82) is 0 Å². The molecule has 4 aromatic rings. The quantitative estimate of drug-likeness (QED) is 0.521. The summed E-state index contributed by atoms with van der Waals surface area (Å²) in [4.78, 5) is 13.4. The number of nitrogens with zero attached hydrogens (tertiary/aromatic N) is 2. The number of pyridine rings is 1. The number of hydrogen-bond acceptors (Lipinski definition) is 5. The van der Waals surface area contributed by atoms with E-state index in [2.05, 4.69) is 19.7 Å². The number of aryl methyl sites for hydroxylation is 1. The Morgan fingerprint density at radius 2 is 1.96 bits per heavy atom. The summed E-state index contributed by atoms with van der Waals surface area (Å²) in [5.74, 6) is 0.845. The fourth-order valence-corrected chi connectivity index (χ4v) is 4.63. The van der Waals surface area contributed by atoms with Crippen LogP contribution in [-0.4, -0.2) is 23.4 Å². The zero-order valence-electron chi connectivity index (χ0n) is 14.6. The lowest BCUT2D eigenvalue weighted by atomic mass is 10.1. The van der Waals surface area contributed by atoms with Gasteiger partial charge in [0, 0.05) is 24.0 Å². The van der Waals surface area contributed by atoms with Crippen molar-refractivity contribution in [2.75, 3.05) is 0 Å². The molecule has 0 radical (unpaired) electrons. The van der Waals surface area contributed by atoms with E-state index in [0.717, 1.165) is 33.0 Å². The van der Waals surface area contributed by atoms with E-state index >= 15 is 0 Å². The molecule has 0 aliphatic rings. The lowest BCUT2D eigenvalue weighted by molar-refractivity contribution is 0.582. The highest BCUT2D eigenvalue weighted by atomic mass is 32.2. The minimum absolute atomic E-state index is 0.254. The van der Waals surface area contributed by atoms with Crippen LogP contribution >= 0.6 is 11.3 Å². The van der Waals surface area contributed by atoms with E-state index in [-0.39, 0.29) is 4.90 Å². The normalized spacial score (nSPS) is 11.9. The molecular weight excluding hydrogens is 380 g/mol. The third kappa shape index (κ3) is 3.92. The van der Waals surface area contributed by atoms with Crippen LogP contribution in [0.4, 0.5) is 0 Å². The first kappa shape index (κ1) is 17.8. The van der Waals surface area contributed by atoms with Crippen molar-refractivity contribution in [3.63, 3.8) is 0 Å². The average Bonchev–Trinajstić information content (AvgIpc) is 3.30. The second kappa shape index (κ2) is 7.22. The Bertz CT molecular complexity index is 1160. The summed E-state index contributed by atoms with van der Waals surface area (Å²) < 4.78 is 27.5. The molecule has 0 spiro atoms. The van der Waals surface area contributed by atoms with Crippen LogP contribution in [0.25, 0.3) is 11.0 Å². The van der Waals surface area contributed by atoms with Crippen molar-refractivity contribution in [2.45, 2.75) is 24.8 Å². The summed E-state index contributed by atoms with van der Waals surface area (Å²) in [6.07, 6.45) is 2.34. The Labute approximate surface area is 161 Å². The fraction of sp³-hybridized carbons (Fsp3) is 0.158. The first-order valence-corrected chi connectivity index (χ1v) is 10.8. The van der Waals surface area contributed by atoms with Gasteiger partial charge >= 0.3 is 0 Å². The van der Waals surface area contributed by atoms with Crippen LogP contribution in [-0.2, 0) is 23.0 Å². The van der Waals surface area contributed by atoms with E-state index in [4.69, 9.17) is 0 Å². The largest absolute Gasteiger partial charge is 0.342 e. The number of imidazole rings is 1. The zero-order chi connectivity index (χ0) is 18.9. The zero-order valence-corrected chi connectivity index (χ0v) is 16.3. The summed E-state index contributed by atoms with van der Waals surface area (Å²) in [6.45, 7) is 2.21. The molecule has 138 valence electrons. The Kier molecular flexibility index (Phi) is 4.77.